The van der Waals surface area contributed by atoms with Crippen molar-refractivity contribution < 1.29 is 13.9 Å². The Morgan fingerprint density at radius 2 is 2.12 bits per heavy atom. The summed E-state index contributed by atoms with van der Waals surface area (Å²) in [7, 11) is 0. The van der Waals surface area contributed by atoms with E-state index < -0.39 is 0 Å². The van der Waals surface area contributed by atoms with E-state index in [0.717, 1.165) is 33.9 Å². The van der Waals surface area contributed by atoms with Crippen LogP contribution in [-0.2, 0) is 4.79 Å². The Morgan fingerprint density at radius 3 is 2.88 bits per heavy atom. The number of carbonyl (C=O) groups excluding carboxylic acids is 1. The fourth-order valence-corrected chi connectivity index (χ4v) is 3.85. The van der Waals surface area contributed by atoms with Crippen LogP contribution in [0.15, 0.2) is 53.4 Å². The molecule has 0 bridgehead atoms. The van der Waals surface area contributed by atoms with Crippen molar-refractivity contribution in [3.8, 4) is 5.75 Å². The van der Waals surface area contributed by atoms with Gasteiger partial charge in [0.2, 0.25) is 5.91 Å². The highest BCUT2D eigenvalue weighted by Crippen LogP contribution is 2.36. The maximum absolute atomic E-state index is 13.5. The van der Waals surface area contributed by atoms with Crippen LogP contribution in [0.2, 0.25) is 0 Å². The van der Waals surface area contributed by atoms with Crippen molar-refractivity contribution in [2.24, 2.45) is 0 Å². The fourth-order valence-electron chi connectivity index (χ4n) is 2.75. The number of hydrogen-bond donors (Lipinski definition) is 1. The zero-order chi connectivity index (χ0) is 17.6. The van der Waals surface area contributed by atoms with Crippen LogP contribution in [0.1, 0.15) is 30.5 Å². The standard InChI is InChI=1S/C20H20FNO2S/c1-2-24-16-7-3-14(4-8-16)5-10-20(23)22-18-11-12-25-19-9-6-15(21)13-17(18)19/h3-10,13,18H,2,11-12H2,1H3,(H,22,23)/b10-5+. The molecule has 1 heterocycles. The Labute approximate surface area is 151 Å². The number of amides is 1. The third-order valence-electron chi connectivity index (χ3n) is 3.95. The summed E-state index contributed by atoms with van der Waals surface area (Å²) >= 11 is 1.70. The fraction of sp³-hybridized carbons (Fsp3) is 0.250. The third-order valence-corrected chi connectivity index (χ3v) is 5.07. The van der Waals surface area contributed by atoms with E-state index in [1.807, 2.05) is 31.2 Å². The van der Waals surface area contributed by atoms with Gasteiger partial charge in [-0.25, -0.2) is 4.39 Å². The quantitative estimate of drug-likeness (QED) is 0.796. The highest BCUT2D eigenvalue weighted by Gasteiger charge is 2.22. The van der Waals surface area contributed by atoms with E-state index in [-0.39, 0.29) is 17.8 Å². The summed E-state index contributed by atoms with van der Waals surface area (Å²) in [5.41, 5.74) is 1.78. The lowest BCUT2D eigenvalue weighted by Gasteiger charge is -2.25. The van der Waals surface area contributed by atoms with E-state index in [2.05, 4.69) is 5.32 Å². The van der Waals surface area contributed by atoms with Gasteiger partial charge in [-0.2, -0.15) is 0 Å². The van der Waals surface area contributed by atoms with Gasteiger partial charge in [0.15, 0.2) is 0 Å². The summed E-state index contributed by atoms with van der Waals surface area (Å²) in [5, 5.41) is 2.97. The largest absolute Gasteiger partial charge is 0.494 e. The Hall–Kier alpha value is -2.27. The minimum Gasteiger partial charge on any atom is -0.494 e. The van der Waals surface area contributed by atoms with Crippen molar-refractivity contribution in [3.63, 3.8) is 0 Å². The molecular weight excluding hydrogens is 337 g/mol. The summed E-state index contributed by atoms with van der Waals surface area (Å²) < 4.78 is 18.9. The summed E-state index contributed by atoms with van der Waals surface area (Å²) in [6, 6.07) is 12.2. The van der Waals surface area contributed by atoms with Gasteiger partial charge >= 0.3 is 0 Å². The number of thioether (sulfide) groups is 1. The zero-order valence-electron chi connectivity index (χ0n) is 14.0. The van der Waals surface area contributed by atoms with Crippen LogP contribution < -0.4 is 10.1 Å². The first-order chi connectivity index (χ1) is 12.2. The van der Waals surface area contributed by atoms with E-state index in [1.165, 1.54) is 18.2 Å². The predicted octanol–water partition coefficient (Wildman–Crippen LogP) is 4.59. The number of fused-ring (bicyclic) bond motifs is 1. The van der Waals surface area contributed by atoms with Gasteiger partial charge in [0, 0.05) is 16.7 Å². The third kappa shape index (κ3) is 4.63. The van der Waals surface area contributed by atoms with E-state index in [4.69, 9.17) is 4.74 Å². The molecule has 3 nitrogen and oxygen atoms in total. The van der Waals surface area contributed by atoms with Gasteiger partial charge in [-0.05, 0) is 60.9 Å². The summed E-state index contributed by atoms with van der Waals surface area (Å²) in [5.74, 6) is 1.26. The Balaban J connectivity index is 1.64. The zero-order valence-corrected chi connectivity index (χ0v) is 14.8. The lowest BCUT2D eigenvalue weighted by molar-refractivity contribution is -0.117. The van der Waals surface area contributed by atoms with Crippen LogP contribution in [0.4, 0.5) is 4.39 Å². The van der Waals surface area contributed by atoms with Crippen LogP contribution in [-0.4, -0.2) is 18.3 Å². The molecule has 3 rings (SSSR count). The van der Waals surface area contributed by atoms with Gasteiger partial charge in [0.05, 0.1) is 12.6 Å². The van der Waals surface area contributed by atoms with E-state index in [0.29, 0.717) is 6.61 Å². The molecule has 1 atom stereocenters. The lowest BCUT2D eigenvalue weighted by Crippen LogP contribution is -2.29. The highest BCUT2D eigenvalue weighted by atomic mass is 32.2. The average Bonchev–Trinajstić information content (AvgIpc) is 2.62. The maximum Gasteiger partial charge on any atom is 0.244 e. The van der Waals surface area contributed by atoms with Gasteiger partial charge in [-0.3, -0.25) is 4.79 Å². The van der Waals surface area contributed by atoms with Crippen molar-refractivity contribution in [2.75, 3.05) is 12.4 Å². The van der Waals surface area contributed by atoms with E-state index in [1.54, 1.807) is 23.9 Å². The molecule has 5 heteroatoms. The summed E-state index contributed by atoms with van der Waals surface area (Å²) in [6.45, 7) is 2.56. The molecule has 25 heavy (non-hydrogen) atoms. The second-order valence-corrected chi connectivity index (χ2v) is 6.85. The number of benzene rings is 2. The first-order valence-corrected chi connectivity index (χ1v) is 9.28. The molecule has 1 aliphatic heterocycles. The molecule has 0 radical (unpaired) electrons. The van der Waals surface area contributed by atoms with E-state index >= 15 is 0 Å². The van der Waals surface area contributed by atoms with Crippen molar-refractivity contribution in [3.05, 3.63) is 65.5 Å². The monoisotopic (exact) mass is 357 g/mol. The van der Waals surface area contributed by atoms with Crippen LogP contribution >= 0.6 is 11.8 Å². The Morgan fingerprint density at radius 1 is 1.32 bits per heavy atom. The van der Waals surface area contributed by atoms with Crippen LogP contribution in [0.3, 0.4) is 0 Å². The molecule has 130 valence electrons. The summed E-state index contributed by atoms with van der Waals surface area (Å²) in [6.07, 6.45) is 4.06. The molecule has 0 aliphatic carbocycles. The average molecular weight is 357 g/mol. The van der Waals surface area contributed by atoms with Crippen LogP contribution in [0.5, 0.6) is 5.75 Å². The van der Waals surface area contributed by atoms with Gasteiger partial charge < -0.3 is 10.1 Å². The second kappa shape index (κ2) is 8.21. The first-order valence-electron chi connectivity index (χ1n) is 8.29. The number of rotatable bonds is 5. The molecule has 1 aliphatic rings. The van der Waals surface area contributed by atoms with Gasteiger partial charge in [0.1, 0.15) is 11.6 Å². The molecule has 2 aromatic carbocycles. The molecule has 0 saturated heterocycles. The molecule has 0 fully saturated rings. The Bertz CT molecular complexity index is 774. The van der Waals surface area contributed by atoms with Gasteiger partial charge in [-0.1, -0.05) is 12.1 Å². The molecule has 1 amide bonds. The highest BCUT2D eigenvalue weighted by molar-refractivity contribution is 7.99. The number of nitrogens with one attached hydrogen (secondary N) is 1. The molecular formula is C20H20FNO2S. The topological polar surface area (TPSA) is 38.3 Å². The molecule has 0 spiro atoms. The number of ether oxygens (including phenoxy) is 1. The smallest absolute Gasteiger partial charge is 0.244 e. The maximum atomic E-state index is 13.5. The van der Waals surface area contributed by atoms with Crippen molar-refractivity contribution in [1.82, 2.24) is 5.32 Å². The molecule has 0 saturated carbocycles. The van der Waals surface area contributed by atoms with Crippen molar-refractivity contribution >= 4 is 23.7 Å². The predicted molar refractivity (Wildman–Crippen MR) is 99.3 cm³/mol. The number of carbonyl (C=O) groups is 1. The Kier molecular flexibility index (Phi) is 5.76. The minimum atomic E-state index is -0.273. The number of hydrogen-bond acceptors (Lipinski definition) is 3. The molecule has 1 N–H and O–H groups in total. The van der Waals surface area contributed by atoms with Gasteiger partial charge in [0.25, 0.3) is 0 Å². The van der Waals surface area contributed by atoms with Gasteiger partial charge in [-0.15, -0.1) is 11.8 Å². The van der Waals surface area contributed by atoms with Crippen LogP contribution in [0.25, 0.3) is 6.08 Å². The van der Waals surface area contributed by atoms with Crippen LogP contribution in [0, 0.1) is 5.82 Å². The summed E-state index contributed by atoms with van der Waals surface area (Å²) in [4.78, 5) is 13.3. The first kappa shape index (κ1) is 17.5. The number of halogens is 1. The molecule has 2 aromatic rings. The second-order valence-electron chi connectivity index (χ2n) is 5.72. The SMILES string of the molecule is CCOc1ccc(/C=C/C(=O)NC2CCSc3ccc(F)cc32)cc1. The molecule has 0 aromatic heterocycles. The van der Waals surface area contributed by atoms with Crippen molar-refractivity contribution in [2.45, 2.75) is 24.3 Å². The van der Waals surface area contributed by atoms with E-state index in [9.17, 15) is 9.18 Å². The minimum absolute atomic E-state index is 0.149. The lowest BCUT2D eigenvalue weighted by atomic mass is 10.0. The van der Waals surface area contributed by atoms with Crippen molar-refractivity contribution in [1.29, 1.82) is 0 Å². The normalized spacial score (nSPS) is 16.5. The molecule has 1 unspecified atom stereocenters.